The van der Waals surface area contributed by atoms with E-state index in [0.29, 0.717) is 6.04 Å². The summed E-state index contributed by atoms with van der Waals surface area (Å²) >= 11 is 0. The van der Waals surface area contributed by atoms with Crippen LogP contribution in [-0.2, 0) is 4.79 Å². The first kappa shape index (κ1) is 11.5. The Bertz CT molecular complexity index is 203. The molecular formula is C11H22N2O. The van der Waals surface area contributed by atoms with Crippen LogP contribution in [0.2, 0.25) is 0 Å². The molecule has 3 heteroatoms. The van der Waals surface area contributed by atoms with E-state index < -0.39 is 0 Å². The smallest absolute Gasteiger partial charge is 0.219 e. The van der Waals surface area contributed by atoms with Gasteiger partial charge in [-0.1, -0.05) is 13.8 Å². The zero-order valence-corrected chi connectivity index (χ0v) is 9.79. The Hall–Kier alpha value is -0.570. The van der Waals surface area contributed by atoms with E-state index in [1.807, 2.05) is 11.9 Å². The normalized spacial score (nSPS) is 23.1. The number of nitrogens with zero attached hydrogens (tertiary/aromatic N) is 2. The number of likely N-dealkylation sites (N-methyl/N-ethyl adjacent to an activating group) is 1. The third-order valence-electron chi connectivity index (χ3n) is 2.92. The molecular weight excluding hydrogens is 176 g/mol. The molecule has 0 N–H and O–H groups in total. The molecule has 1 saturated heterocycles. The Morgan fingerprint density at radius 2 is 2.21 bits per heavy atom. The van der Waals surface area contributed by atoms with Crippen LogP contribution in [0.15, 0.2) is 0 Å². The molecule has 0 saturated carbocycles. The molecule has 0 spiro atoms. The summed E-state index contributed by atoms with van der Waals surface area (Å²) in [5, 5.41) is 0. The Morgan fingerprint density at radius 1 is 1.57 bits per heavy atom. The van der Waals surface area contributed by atoms with E-state index in [2.05, 4.69) is 18.7 Å². The van der Waals surface area contributed by atoms with Gasteiger partial charge in [0.25, 0.3) is 0 Å². The lowest BCUT2D eigenvalue weighted by molar-refractivity contribution is -0.129. The SMILES string of the molecule is CC(=O)N(C)[C@@H]1CCN(CC(C)C)C1. The van der Waals surface area contributed by atoms with Gasteiger partial charge in [0.15, 0.2) is 0 Å². The Morgan fingerprint density at radius 3 is 2.71 bits per heavy atom. The highest BCUT2D eigenvalue weighted by atomic mass is 16.2. The molecule has 0 radical (unpaired) electrons. The second kappa shape index (κ2) is 4.78. The maximum atomic E-state index is 11.2. The van der Waals surface area contributed by atoms with Crippen molar-refractivity contribution in [2.24, 2.45) is 5.92 Å². The van der Waals surface area contributed by atoms with Crippen molar-refractivity contribution in [3.05, 3.63) is 0 Å². The molecule has 1 fully saturated rings. The Balaban J connectivity index is 2.37. The quantitative estimate of drug-likeness (QED) is 0.680. The molecule has 0 aliphatic carbocycles. The highest BCUT2D eigenvalue weighted by Gasteiger charge is 2.26. The Kier molecular flexibility index (Phi) is 3.93. The maximum Gasteiger partial charge on any atom is 0.219 e. The van der Waals surface area contributed by atoms with Gasteiger partial charge in [-0.05, 0) is 12.3 Å². The second-order valence-corrected chi connectivity index (χ2v) is 4.73. The average molecular weight is 198 g/mol. The minimum atomic E-state index is 0.182. The molecule has 1 rings (SSSR count). The van der Waals surface area contributed by atoms with E-state index in [1.54, 1.807) is 6.92 Å². The molecule has 14 heavy (non-hydrogen) atoms. The number of carbonyl (C=O) groups excluding carboxylic acids is 1. The molecule has 0 aromatic rings. The van der Waals surface area contributed by atoms with Crippen LogP contribution < -0.4 is 0 Å². The highest BCUT2D eigenvalue weighted by molar-refractivity contribution is 5.73. The predicted molar refractivity (Wildman–Crippen MR) is 58.1 cm³/mol. The van der Waals surface area contributed by atoms with Crippen molar-refractivity contribution in [1.82, 2.24) is 9.80 Å². The van der Waals surface area contributed by atoms with Gasteiger partial charge in [-0.25, -0.2) is 0 Å². The lowest BCUT2D eigenvalue weighted by Gasteiger charge is -2.24. The molecule has 1 aliphatic rings. The summed E-state index contributed by atoms with van der Waals surface area (Å²) in [5.41, 5.74) is 0. The molecule has 0 bridgehead atoms. The fraction of sp³-hybridized carbons (Fsp3) is 0.909. The topological polar surface area (TPSA) is 23.6 Å². The van der Waals surface area contributed by atoms with Crippen LogP contribution in [0, 0.1) is 5.92 Å². The van der Waals surface area contributed by atoms with Crippen LogP contribution in [0.25, 0.3) is 0 Å². The molecule has 3 nitrogen and oxygen atoms in total. The number of rotatable bonds is 3. The molecule has 0 aromatic carbocycles. The van der Waals surface area contributed by atoms with Crippen LogP contribution in [0.4, 0.5) is 0 Å². The number of hydrogen-bond acceptors (Lipinski definition) is 2. The molecule has 0 unspecified atom stereocenters. The van der Waals surface area contributed by atoms with Crippen LogP contribution in [0.5, 0.6) is 0 Å². The fourth-order valence-electron chi connectivity index (χ4n) is 2.07. The van der Waals surface area contributed by atoms with Gasteiger partial charge < -0.3 is 9.80 Å². The minimum absolute atomic E-state index is 0.182. The summed E-state index contributed by atoms with van der Waals surface area (Å²) in [6.45, 7) is 9.46. The zero-order chi connectivity index (χ0) is 10.7. The largest absolute Gasteiger partial charge is 0.342 e. The maximum absolute atomic E-state index is 11.2. The molecule has 1 amide bonds. The van der Waals surface area contributed by atoms with Crippen molar-refractivity contribution in [2.75, 3.05) is 26.7 Å². The number of hydrogen-bond donors (Lipinski definition) is 0. The number of carbonyl (C=O) groups is 1. The summed E-state index contributed by atoms with van der Waals surface area (Å²) in [7, 11) is 1.91. The van der Waals surface area contributed by atoms with E-state index in [4.69, 9.17) is 0 Å². The van der Waals surface area contributed by atoms with Crippen molar-refractivity contribution in [3.8, 4) is 0 Å². The van der Waals surface area contributed by atoms with Crippen molar-refractivity contribution in [2.45, 2.75) is 33.2 Å². The molecule has 1 aliphatic heterocycles. The van der Waals surface area contributed by atoms with Gasteiger partial charge in [0.05, 0.1) is 0 Å². The summed E-state index contributed by atoms with van der Waals surface area (Å²) in [5.74, 6) is 0.901. The third-order valence-corrected chi connectivity index (χ3v) is 2.92. The first-order valence-corrected chi connectivity index (χ1v) is 5.46. The molecule has 1 atom stereocenters. The van der Waals surface area contributed by atoms with E-state index in [-0.39, 0.29) is 5.91 Å². The van der Waals surface area contributed by atoms with E-state index in [9.17, 15) is 4.79 Å². The summed E-state index contributed by atoms with van der Waals surface area (Å²) < 4.78 is 0. The van der Waals surface area contributed by atoms with Gasteiger partial charge in [-0.3, -0.25) is 4.79 Å². The van der Waals surface area contributed by atoms with Gasteiger partial charge in [0, 0.05) is 39.6 Å². The lowest BCUT2D eigenvalue weighted by atomic mass is 10.2. The van der Waals surface area contributed by atoms with Gasteiger partial charge in [-0.2, -0.15) is 0 Å². The van der Waals surface area contributed by atoms with Crippen molar-refractivity contribution in [3.63, 3.8) is 0 Å². The third kappa shape index (κ3) is 2.98. The van der Waals surface area contributed by atoms with E-state index in [0.717, 1.165) is 32.0 Å². The van der Waals surface area contributed by atoms with Crippen molar-refractivity contribution < 1.29 is 4.79 Å². The second-order valence-electron chi connectivity index (χ2n) is 4.73. The minimum Gasteiger partial charge on any atom is -0.342 e. The van der Waals surface area contributed by atoms with Crippen molar-refractivity contribution >= 4 is 5.91 Å². The summed E-state index contributed by atoms with van der Waals surface area (Å²) in [6.07, 6.45) is 1.13. The molecule has 0 aromatic heterocycles. The van der Waals surface area contributed by atoms with Crippen LogP contribution >= 0.6 is 0 Å². The summed E-state index contributed by atoms with van der Waals surface area (Å²) in [6, 6.07) is 0.436. The van der Waals surface area contributed by atoms with E-state index in [1.165, 1.54) is 0 Å². The van der Waals surface area contributed by atoms with Gasteiger partial charge in [0.1, 0.15) is 0 Å². The predicted octanol–water partition coefficient (Wildman–Crippen LogP) is 1.19. The van der Waals surface area contributed by atoms with Gasteiger partial charge in [0.2, 0.25) is 5.91 Å². The lowest BCUT2D eigenvalue weighted by Crippen LogP contribution is -2.38. The van der Waals surface area contributed by atoms with Crippen molar-refractivity contribution in [1.29, 1.82) is 0 Å². The first-order chi connectivity index (χ1) is 6.50. The monoisotopic (exact) mass is 198 g/mol. The first-order valence-electron chi connectivity index (χ1n) is 5.46. The summed E-state index contributed by atoms with van der Waals surface area (Å²) in [4.78, 5) is 15.5. The molecule has 82 valence electrons. The van der Waals surface area contributed by atoms with E-state index >= 15 is 0 Å². The van der Waals surface area contributed by atoms with Gasteiger partial charge >= 0.3 is 0 Å². The zero-order valence-electron chi connectivity index (χ0n) is 9.79. The number of amides is 1. The fourth-order valence-corrected chi connectivity index (χ4v) is 2.07. The van der Waals surface area contributed by atoms with Crippen LogP contribution in [0.1, 0.15) is 27.2 Å². The van der Waals surface area contributed by atoms with Crippen LogP contribution in [0.3, 0.4) is 0 Å². The number of likely N-dealkylation sites (tertiary alicyclic amines) is 1. The average Bonchev–Trinajstić information content (AvgIpc) is 2.50. The van der Waals surface area contributed by atoms with Crippen LogP contribution in [-0.4, -0.2) is 48.4 Å². The van der Waals surface area contributed by atoms with Gasteiger partial charge in [-0.15, -0.1) is 0 Å². The molecule has 1 heterocycles. The standard InChI is InChI=1S/C11H22N2O/c1-9(2)7-13-6-5-11(8-13)12(4)10(3)14/h9,11H,5-8H2,1-4H3/t11-/m1/s1. The Labute approximate surface area is 87.1 Å². The highest BCUT2D eigenvalue weighted by Crippen LogP contribution is 2.15.